The summed E-state index contributed by atoms with van der Waals surface area (Å²) in [4.78, 5) is 8.43. The van der Waals surface area contributed by atoms with Crippen LogP contribution >= 0.6 is 0 Å². The van der Waals surface area contributed by atoms with Gasteiger partial charge in [-0.3, -0.25) is 0 Å². The van der Waals surface area contributed by atoms with E-state index in [0.717, 1.165) is 23.8 Å². The van der Waals surface area contributed by atoms with Gasteiger partial charge in [0.1, 0.15) is 11.7 Å². The van der Waals surface area contributed by atoms with Crippen LogP contribution in [0, 0.1) is 29.1 Å². The van der Waals surface area contributed by atoms with Crippen molar-refractivity contribution in [1.29, 1.82) is 5.26 Å². The van der Waals surface area contributed by atoms with Crippen LogP contribution in [-0.2, 0) is 13.2 Å². The van der Waals surface area contributed by atoms with Crippen LogP contribution in [0.2, 0.25) is 0 Å². The Morgan fingerprint density at radius 2 is 1.75 bits per heavy atom. The number of aromatic nitrogens is 3. The van der Waals surface area contributed by atoms with Crippen molar-refractivity contribution in [3.63, 3.8) is 0 Å². The monoisotopic (exact) mass is 494 g/mol. The summed E-state index contributed by atoms with van der Waals surface area (Å²) in [7, 11) is 1.77. The average molecular weight is 495 g/mol. The molecule has 188 valence electrons. The van der Waals surface area contributed by atoms with Crippen molar-refractivity contribution in [2.24, 2.45) is 24.8 Å². The lowest BCUT2D eigenvalue weighted by Crippen LogP contribution is -2.59. The van der Waals surface area contributed by atoms with Crippen molar-refractivity contribution in [2.75, 3.05) is 18.4 Å². The van der Waals surface area contributed by atoms with Crippen LogP contribution in [0.4, 0.5) is 18.9 Å². The summed E-state index contributed by atoms with van der Waals surface area (Å²) in [6, 6.07) is 7.86. The van der Waals surface area contributed by atoms with Gasteiger partial charge in [-0.15, -0.1) is 0 Å². The van der Waals surface area contributed by atoms with E-state index in [0.29, 0.717) is 35.4 Å². The molecule has 0 saturated heterocycles. The van der Waals surface area contributed by atoms with Crippen LogP contribution in [0.1, 0.15) is 49.9 Å². The molecule has 7 rings (SSSR count). The summed E-state index contributed by atoms with van der Waals surface area (Å²) in [5.74, 6) is 2.38. The third-order valence-electron chi connectivity index (χ3n) is 8.40. The van der Waals surface area contributed by atoms with E-state index in [9.17, 15) is 18.4 Å². The molecule has 0 atom stereocenters. The Hall–Kier alpha value is -3.12. The standard InChI is InChI=1S/C27H29F3N6/c1-36-7-4-20-24(34-23(15-31)35-25(20)36)19-2-3-22(21(11-19)27(28,29)30)32-5-6-33-26-12-16-8-17(13-26)10-18(9-16)14-26/h2-4,7,11,16-18,32-33H,5-6,8-10,12-14H2,1H3. The second-order valence-electron chi connectivity index (χ2n) is 11.0. The minimum Gasteiger partial charge on any atom is -0.383 e. The van der Waals surface area contributed by atoms with Gasteiger partial charge in [0.05, 0.1) is 11.3 Å². The molecule has 0 unspecified atom stereocenters. The number of fused-ring (bicyclic) bond motifs is 1. The molecule has 0 aliphatic heterocycles. The Labute approximate surface area is 207 Å². The molecule has 0 radical (unpaired) electrons. The molecule has 4 bridgehead atoms. The molecule has 2 heterocycles. The molecule has 4 saturated carbocycles. The predicted molar refractivity (Wildman–Crippen MR) is 131 cm³/mol. The summed E-state index contributed by atoms with van der Waals surface area (Å²) in [5, 5.41) is 16.7. The number of rotatable bonds is 6. The number of benzene rings is 1. The molecule has 36 heavy (non-hydrogen) atoms. The van der Waals surface area contributed by atoms with Gasteiger partial charge >= 0.3 is 6.18 Å². The van der Waals surface area contributed by atoms with Crippen LogP contribution in [0.15, 0.2) is 30.5 Å². The largest absolute Gasteiger partial charge is 0.418 e. The number of aryl methyl sites for hydroxylation is 1. The maximum absolute atomic E-state index is 14.1. The molecule has 1 aromatic carbocycles. The highest BCUT2D eigenvalue weighted by Gasteiger charge is 2.50. The smallest absolute Gasteiger partial charge is 0.383 e. The zero-order valence-corrected chi connectivity index (χ0v) is 20.2. The van der Waals surface area contributed by atoms with Crippen molar-refractivity contribution in [3.8, 4) is 17.3 Å². The van der Waals surface area contributed by atoms with Crippen LogP contribution in [0.5, 0.6) is 0 Å². The Kier molecular flexibility index (Phi) is 5.48. The highest BCUT2D eigenvalue weighted by atomic mass is 19.4. The van der Waals surface area contributed by atoms with Gasteiger partial charge in [-0.2, -0.15) is 18.4 Å². The number of alkyl halides is 3. The van der Waals surface area contributed by atoms with Crippen LogP contribution in [-0.4, -0.2) is 33.2 Å². The van der Waals surface area contributed by atoms with E-state index in [-0.39, 0.29) is 17.1 Å². The fourth-order valence-electron chi connectivity index (χ4n) is 7.34. The Bertz CT molecular complexity index is 1320. The normalized spacial score (nSPS) is 26.9. The quantitative estimate of drug-likeness (QED) is 0.443. The third kappa shape index (κ3) is 4.11. The van der Waals surface area contributed by atoms with Gasteiger partial charge in [-0.05, 0) is 74.5 Å². The number of hydrogen-bond donors (Lipinski definition) is 2. The topological polar surface area (TPSA) is 78.6 Å². The van der Waals surface area contributed by atoms with E-state index in [1.54, 1.807) is 29.9 Å². The maximum atomic E-state index is 14.1. The second-order valence-corrected chi connectivity index (χ2v) is 11.0. The molecule has 4 aliphatic rings. The van der Waals surface area contributed by atoms with Gasteiger partial charge in [-0.1, -0.05) is 6.07 Å². The molecule has 4 fully saturated rings. The molecule has 9 heteroatoms. The van der Waals surface area contributed by atoms with Gasteiger partial charge in [0.25, 0.3) is 0 Å². The lowest BCUT2D eigenvalue weighted by atomic mass is 9.53. The Balaban J connectivity index is 1.22. The molecule has 6 nitrogen and oxygen atoms in total. The minimum absolute atomic E-state index is 0.0532. The Morgan fingerprint density at radius 1 is 1.06 bits per heavy atom. The summed E-state index contributed by atoms with van der Waals surface area (Å²) in [6.07, 6.45) is 4.92. The lowest BCUT2D eigenvalue weighted by Gasteiger charge is -2.57. The highest BCUT2D eigenvalue weighted by Crippen LogP contribution is 2.55. The van der Waals surface area contributed by atoms with Crippen LogP contribution < -0.4 is 10.6 Å². The van der Waals surface area contributed by atoms with Gasteiger partial charge in [0, 0.05) is 48.5 Å². The zero-order valence-electron chi connectivity index (χ0n) is 20.2. The number of halogens is 3. The van der Waals surface area contributed by atoms with Gasteiger partial charge < -0.3 is 15.2 Å². The van der Waals surface area contributed by atoms with Crippen molar-refractivity contribution >= 4 is 16.7 Å². The van der Waals surface area contributed by atoms with Crippen LogP contribution in [0.3, 0.4) is 0 Å². The SMILES string of the molecule is Cn1ccc2c(-c3ccc(NCCNC45CC6CC(CC(C6)C4)C5)c(C(F)(F)F)c3)nc(C#N)nc21. The van der Waals surface area contributed by atoms with Crippen LogP contribution in [0.25, 0.3) is 22.3 Å². The molecule has 4 aliphatic carbocycles. The predicted octanol–water partition coefficient (Wildman–Crippen LogP) is 5.50. The Morgan fingerprint density at radius 3 is 2.39 bits per heavy atom. The van der Waals surface area contributed by atoms with Gasteiger partial charge in [0.2, 0.25) is 5.82 Å². The van der Waals surface area contributed by atoms with E-state index in [1.165, 1.54) is 44.6 Å². The number of anilines is 1. The maximum Gasteiger partial charge on any atom is 0.418 e. The average Bonchev–Trinajstić information content (AvgIpc) is 3.20. The van der Waals surface area contributed by atoms with E-state index < -0.39 is 11.7 Å². The highest BCUT2D eigenvalue weighted by molar-refractivity contribution is 5.91. The lowest BCUT2D eigenvalue weighted by molar-refractivity contribution is -0.136. The van der Waals surface area contributed by atoms with Crippen molar-refractivity contribution in [2.45, 2.75) is 50.2 Å². The first-order chi connectivity index (χ1) is 17.2. The first-order valence-electron chi connectivity index (χ1n) is 12.7. The molecule has 2 N–H and O–H groups in total. The minimum atomic E-state index is -4.54. The third-order valence-corrected chi connectivity index (χ3v) is 8.40. The number of nitrogens with one attached hydrogen (secondary N) is 2. The summed E-state index contributed by atoms with van der Waals surface area (Å²) in [5.41, 5.74) is 0.614. The van der Waals surface area contributed by atoms with E-state index in [4.69, 9.17) is 0 Å². The molecule has 0 spiro atoms. The molecule has 0 amide bonds. The summed E-state index contributed by atoms with van der Waals surface area (Å²) < 4.78 is 44.0. The van der Waals surface area contributed by atoms with E-state index >= 15 is 0 Å². The summed E-state index contributed by atoms with van der Waals surface area (Å²) in [6.45, 7) is 1.05. The van der Waals surface area contributed by atoms with Crippen molar-refractivity contribution < 1.29 is 13.2 Å². The molecule has 3 aromatic rings. The van der Waals surface area contributed by atoms with Gasteiger partial charge in [0.15, 0.2) is 0 Å². The van der Waals surface area contributed by atoms with Crippen molar-refractivity contribution in [1.82, 2.24) is 19.9 Å². The number of hydrogen-bond acceptors (Lipinski definition) is 5. The second kappa shape index (κ2) is 8.48. The van der Waals surface area contributed by atoms with E-state index in [1.807, 2.05) is 6.07 Å². The molecular formula is C27H29F3N6. The van der Waals surface area contributed by atoms with Crippen molar-refractivity contribution in [3.05, 3.63) is 41.9 Å². The fraction of sp³-hybridized carbons (Fsp3) is 0.519. The number of nitrogens with zero attached hydrogens (tertiary/aromatic N) is 4. The first-order valence-corrected chi connectivity index (χ1v) is 12.7. The molecular weight excluding hydrogens is 465 g/mol. The first kappa shape index (κ1) is 23.3. The number of nitriles is 1. The van der Waals surface area contributed by atoms with E-state index in [2.05, 4.69) is 20.6 Å². The molecule has 2 aromatic heterocycles. The van der Waals surface area contributed by atoms with Gasteiger partial charge in [-0.25, -0.2) is 9.97 Å². The summed E-state index contributed by atoms with van der Waals surface area (Å²) >= 11 is 0. The fourth-order valence-corrected chi connectivity index (χ4v) is 7.34. The zero-order chi connectivity index (χ0) is 25.1.